The predicted octanol–water partition coefficient (Wildman–Crippen LogP) is 1.07. The largest absolute Gasteiger partial charge is 0.379 e. The molecule has 150 valence electrons. The Hall–Kier alpha value is -2.12. The number of nitrogens with one attached hydrogen (secondary N) is 3. The average molecular weight is 376 g/mol. The van der Waals surface area contributed by atoms with Crippen LogP contribution in [0.4, 0.5) is 0 Å². The molecule has 27 heavy (non-hydrogen) atoms. The molecule has 1 saturated heterocycles. The molecule has 3 N–H and O–H groups in total. The quantitative estimate of drug-likeness (QED) is 0.491. The number of benzene rings is 1. The van der Waals surface area contributed by atoms with Crippen molar-refractivity contribution in [2.75, 3.05) is 46.9 Å². The Morgan fingerprint density at radius 3 is 2.41 bits per heavy atom. The lowest BCUT2D eigenvalue weighted by Crippen LogP contribution is -2.52. The Morgan fingerprint density at radius 2 is 1.85 bits per heavy atom. The van der Waals surface area contributed by atoms with Gasteiger partial charge in [-0.05, 0) is 23.6 Å². The van der Waals surface area contributed by atoms with Crippen LogP contribution in [0.1, 0.15) is 29.8 Å². The van der Waals surface area contributed by atoms with E-state index in [9.17, 15) is 4.79 Å². The monoisotopic (exact) mass is 375 g/mol. The molecule has 0 aromatic heterocycles. The van der Waals surface area contributed by atoms with Crippen molar-refractivity contribution >= 4 is 11.9 Å². The summed E-state index contributed by atoms with van der Waals surface area (Å²) in [6.45, 7) is 9.58. The molecule has 1 aliphatic heterocycles. The van der Waals surface area contributed by atoms with Gasteiger partial charge in [-0.15, -0.1) is 0 Å². The molecule has 7 nitrogen and oxygen atoms in total. The highest BCUT2D eigenvalue weighted by Gasteiger charge is 2.23. The van der Waals surface area contributed by atoms with E-state index in [-0.39, 0.29) is 5.91 Å². The average Bonchev–Trinajstić information content (AvgIpc) is 2.70. The first-order valence-electron chi connectivity index (χ1n) is 9.62. The molecule has 1 aromatic rings. The molecule has 0 radical (unpaired) electrons. The molecule has 1 fully saturated rings. The number of morpholine rings is 1. The van der Waals surface area contributed by atoms with E-state index in [0.29, 0.717) is 24.1 Å². The Bertz CT molecular complexity index is 609. The minimum Gasteiger partial charge on any atom is -0.379 e. The van der Waals surface area contributed by atoms with Gasteiger partial charge in [-0.1, -0.05) is 26.0 Å². The third-order valence-corrected chi connectivity index (χ3v) is 4.89. The standard InChI is InChI=1S/C20H33N5O2/c1-15(2)18(25-9-11-27-12-10-25)14-24-20(22-4)23-13-16-5-7-17(8-6-16)19(26)21-3/h5-8,15,18H,9-14H2,1-4H3,(H,21,26)(H2,22,23,24). The number of aliphatic imine (C=N–C) groups is 1. The first-order valence-corrected chi connectivity index (χ1v) is 9.62. The first kappa shape index (κ1) is 21.2. The molecule has 0 aliphatic carbocycles. The van der Waals surface area contributed by atoms with Gasteiger partial charge in [-0.25, -0.2) is 0 Å². The van der Waals surface area contributed by atoms with Gasteiger partial charge in [0.2, 0.25) is 0 Å². The van der Waals surface area contributed by atoms with Crippen LogP contribution in [0, 0.1) is 5.92 Å². The van der Waals surface area contributed by atoms with Gasteiger partial charge >= 0.3 is 0 Å². The van der Waals surface area contributed by atoms with Crippen LogP contribution < -0.4 is 16.0 Å². The SMILES string of the molecule is CN=C(NCc1ccc(C(=O)NC)cc1)NCC(C(C)C)N1CCOCC1. The number of amides is 1. The van der Waals surface area contributed by atoms with Crippen molar-refractivity contribution in [1.82, 2.24) is 20.9 Å². The predicted molar refractivity (Wildman–Crippen MR) is 109 cm³/mol. The van der Waals surface area contributed by atoms with Crippen molar-refractivity contribution in [3.8, 4) is 0 Å². The van der Waals surface area contributed by atoms with E-state index >= 15 is 0 Å². The number of nitrogens with zero attached hydrogens (tertiary/aromatic N) is 2. The van der Waals surface area contributed by atoms with Crippen molar-refractivity contribution in [2.24, 2.45) is 10.9 Å². The van der Waals surface area contributed by atoms with Crippen molar-refractivity contribution in [3.05, 3.63) is 35.4 Å². The van der Waals surface area contributed by atoms with Crippen LogP contribution >= 0.6 is 0 Å². The Morgan fingerprint density at radius 1 is 1.19 bits per heavy atom. The van der Waals surface area contributed by atoms with Crippen LogP contribution in [-0.4, -0.2) is 69.8 Å². The van der Waals surface area contributed by atoms with E-state index in [0.717, 1.165) is 44.4 Å². The van der Waals surface area contributed by atoms with Crippen molar-refractivity contribution in [2.45, 2.75) is 26.4 Å². The number of guanidine groups is 1. The Labute approximate surface area is 162 Å². The second-order valence-corrected chi connectivity index (χ2v) is 7.04. The maximum atomic E-state index is 11.6. The highest BCUT2D eigenvalue weighted by atomic mass is 16.5. The van der Waals surface area contributed by atoms with Crippen LogP contribution in [-0.2, 0) is 11.3 Å². The summed E-state index contributed by atoms with van der Waals surface area (Å²) in [6.07, 6.45) is 0. The number of ether oxygens (including phenoxy) is 1. The zero-order chi connectivity index (χ0) is 19.6. The van der Waals surface area contributed by atoms with Crippen molar-refractivity contribution in [3.63, 3.8) is 0 Å². The van der Waals surface area contributed by atoms with Crippen LogP contribution in [0.3, 0.4) is 0 Å². The molecule has 1 atom stereocenters. The van der Waals surface area contributed by atoms with Gasteiger partial charge < -0.3 is 20.7 Å². The van der Waals surface area contributed by atoms with Gasteiger partial charge in [0.05, 0.1) is 13.2 Å². The highest BCUT2D eigenvalue weighted by Crippen LogP contribution is 2.12. The third kappa shape index (κ3) is 6.52. The van der Waals surface area contributed by atoms with Crippen molar-refractivity contribution < 1.29 is 9.53 Å². The molecule has 0 saturated carbocycles. The molecular weight excluding hydrogens is 342 g/mol. The molecule has 1 heterocycles. The van der Waals surface area contributed by atoms with E-state index in [1.165, 1.54) is 0 Å². The molecule has 0 spiro atoms. The lowest BCUT2D eigenvalue weighted by atomic mass is 10.0. The molecule has 1 aliphatic rings. The van der Waals surface area contributed by atoms with E-state index in [1.54, 1.807) is 14.1 Å². The minimum atomic E-state index is -0.0742. The summed E-state index contributed by atoms with van der Waals surface area (Å²) in [5.74, 6) is 1.25. The summed E-state index contributed by atoms with van der Waals surface area (Å²) in [7, 11) is 3.41. The topological polar surface area (TPSA) is 78.0 Å². The van der Waals surface area contributed by atoms with E-state index < -0.39 is 0 Å². The molecule has 1 amide bonds. The lowest BCUT2D eigenvalue weighted by Gasteiger charge is -2.37. The summed E-state index contributed by atoms with van der Waals surface area (Å²) in [6, 6.07) is 8.02. The fourth-order valence-corrected chi connectivity index (χ4v) is 3.22. The van der Waals surface area contributed by atoms with Crippen LogP contribution in [0.2, 0.25) is 0 Å². The van der Waals surface area contributed by atoms with Gasteiger partial charge in [0, 0.05) is 51.9 Å². The fourth-order valence-electron chi connectivity index (χ4n) is 3.22. The van der Waals surface area contributed by atoms with Crippen molar-refractivity contribution in [1.29, 1.82) is 0 Å². The van der Waals surface area contributed by atoms with Crippen LogP contribution in [0.25, 0.3) is 0 Å². The number of rotatable bonds is 7. The molecule has 7 heteroatoms. The van der Waals surface area contributed by atoms with Gasteiger partial charge in [0.15, 0.2) is 5.96 Å². The lowest BCUT2D eigenvalue weighted by molar-refractivity contribution is 0.00752. The van der Waals surface area contributed by atoms with Gasteiger partial charge in [-0.2, -0.15) is 0 Å². The maximum absolute atomic E-state index is 11.6. The number of hydrogen-bond acceptors (Lipinski definition) is 4. The van der Waals surface area contributed by atoms with E-state index in [1.807, 2.05) is 24.3 Å². The Balaban J connectivity index is 1.84. The molecular formula is C20H33N5O2. The van der Waals surface area contributed by atoms with E-state index in [2.05, 4.69) is 39.7 Å². The zero-order valence-electron chi connectivity index (χ0n) is 16.9. The summed E-state index contributed by atoms with van der Waals surface area (Å²) in [5.41, 5.74) is 1.76. The smallest absolute Gasteiger partial charge is 0.251 e. The Kier molecular flexibility index (Phi) is 8.54. The summed E-state index contributed by atoms with van der Waals surface area (Å²) in [5, 5.41) is 9.42. The van der Waals surface area contributed by atoms with Crippen LogP contribution in [0.5, 0.6) is 0 Å². The number of carbonyl (C=O) groups is 1. The maximum Gasteiger partial charge on any atom is 0.251 e. The summed E-state index contributed by atoms with van der Waals surface area (Å²) in [4.78, 5) is 18.4. The number of hydrogen-bond donors (Lipinski definition) is 3. The third-order valence-electron chi connectivity index (χ3n) is 4.89. The molecule has 0 bridgehead atoms. The molecule has 2 rings (SSSR count). The molecule has 1 unspecified atom stereocenters. The first-order chi connectivity index (χ1) is 13.0. The van der Waals surface area contributed by atoms with E-state index in [4.69, 9.17) is 4.74 Å². The second kappa shape index (κ2) is 10.9. The second-order valence-electron chi connectivity index (χ2n) is 7.04. The summed E-state index contributed by atoms with van der Waals surface area (Å²) < 4.78 is 5.47. The minimum absolute atomic E-state index is 0.0742. The van der Waals surface area contributed by atoms with Gasteiger partial charge in [0.1, 0.15) is 0 Å². The fraction of sp³-hybridized carbons (Fsp3) is 0.600. The van der Waals surface area contributed by atoms with Gasteiger partial charge in [0.25, 0.3) is 5.91 Å². The highest BCUT2D eigenvalue weighted by molar-refractivity contribution is 5.93. The zero-order valence-corrected chi connectivity index (χ0v) is 16.9. The number of carbonyl (C=O) groups excluding carboxylic acids is 1. The van der Waals surface area contributed by atoms with Gasteiger partial charge in [-0.3, -0.25) is 14.7 Å². The normalized spacial score (nSPS) is 16.9. The van der Waals surface area contributed by atoms with Crippen LogP contribution in [0.15, 0.2) is 29.3 Å². The molecule has 1 aromatic carbocycles. The summed E-state index contributed by atoms with van der Waals surface area (Å²) >= 11 is 0.